The molecule has 0 radical (unpaired) electrons. The fraction of sp³-hybridized carbons (Fsp3) is 0.333. The van der Waals surface area contributed by atoms with E-state index >= 15 is 0 Å². The molecule has 1 fully saturated rings. The van der Waals surface area contributed by atoms with Crippen LogP contribution in [0.25, 0.3) is 5.69 Å². The summed E-state index contributed by atoms with van der Waals surface area (Å²) in [5.74, 6) is 0. The Morgan fingerprint density at radius 3 is 2.61 bits per heavy atom. The van der Waals surface area contributed by atoms with Crippen LogP contribution in [0.4, 0.5) is 0 Å². The van der Waals surface area contributed by atoms with Gasteiger partial charge in [-0.1, -0.05) is 12.1 Å². The maximum atomic E-state index is 5.35. The van der Waals surface area contributed by atoms with Crippen molar-refractivity contribution in [2.45, 2.75) is 19.0 Å². The Morgan fingerprint density at radius 2 is 1.94 bits per heavy atom. The number of benzene rings is 1. The molecular formula is C15H18N2O. The van der Waals surface area contributed by atoms with Crippen molar-refractivity contribution in [3.8, 4) is 5.69 Å². The molecule has 1 aromatic carbocycles. The number of ether oxygens (including phenoxy) is 1. The third-order valence-corrected chi connectivity index (χ3v) is 3.36. The van der Waals surface area contributed by atoms with Crippen LogP contribution in [0, 0.1) is 0 Å². The lowest BCUT2D eigenvalue weighted by molar-refractivity contribution is 0.190. The van der Waals surface area contributed by atoms with Gasteiger partial charge < -0.3 is 14.6 Å². The molecule has 1 atom stereocenters. The van der Waals surface area contributed by atoms with Crippen molar-refractivity contribution in [3.63, 3.8) is 0 Å². The van der Waals surface area contributed by atoms with E-state index < -0.39 is 0 Å². The molecule has 0 amide bonds. The maximum Gasteiger partial charge on any atom is 0.0620 e. The average molecular weight is 242 g/mol. The van der Waals surface area contributed by atoms with E-state index in [4.69, 9.17) is 4.74 Å². The van der Waals surface area contributed by atoms with Gasteiger partial charge in [0.25, 0.3) is 0 Å². The second-order valence-corrected chi connectivity index (χ2v) is 4.70. The van der Waals surface area contributed by atoms with Gasteiger partial charge in [-0.25, -0.2) is 0 Å². The first-order chi connectivity index (χ1) is 8.92. The molecule has 1 N–H and O–H groups in total. The van der Waals surface area contributed by atoms with Gasteiger partial charge in [0.1, 0.15) is 0 Å². The summed E-state index contributed by atoms with van der Waals surface area (Å²) in [7, 11) is 0. The molecule has 1 aromatic heterocycles. The molecule has 18 heavy (non-hydrogen) atoms. The van der Waals surface area contributed by atoms with Crippen molar-refractivity contribution in [1.29, 1.82) is 0 Å². The molecule has 0 unspecified atom stereocenters. The Bertz CT molecular complexity index is 470. The van der Waals surface area contributed by atoms with Crippen LogP contribution >= 0.6 is 0 Å². The fourth-order valence-corrected chi connectivity index (χ4v) is 2.25. The summed E-state index contributed by atoms with van der Waals surface area (Å²) in [6.07, 6.45) is 5.24. The van der Waals surface area contributed by atoms with E-state index in [0.29, 0.717) is 6.04 Å². The normalized spacial score (nSPS) is 19.2. The number of hydrogen-bond donors (Lipinski definition) is 1. The first-order valence-corrected chi connectivity index (χ1v) is 6.45. The molecule has 0 bridgehead atoms. The van der Waals surface area contributed by atoms with Crippen LogP contribution in [0.3, 0.4) is 0 Å². The first-order valence-electron chi connectivity index (χ1n) is 6.45. The van der Waals surface area contributed by atoms with E-state index in [2.05, 4.69) is 46.5 Å². The van der Waals surface area contributed by atoms with Crippen molar-refractivity contribution in [2.75, 3.05) is 13.2 Å². The van der Waals surface area contributed by atoms with Gasteiger partial charge in [-0.15, -0.1) is 0 Å². The van der Waals surface area contributed by atoms with Crippen LogP contribution in [0.2, 0.25) is 0 Å². The van der Waals surface area contributed by atoms with Gasteiger partial charge in [-0.2, -0.15) is 0 Å². The molecule has 0 aliphatic carbocycles. The van der Waals surface area contributed by atoms with Gasteiger partial charge in [-0.3, -0.25) is 0 Å². The SMILES string of the molecule is c1ccn(-c2ccc(CN[C@H]3CCOC3)cc2)c1. The van der Waals surface area contributed by atoms with E-state index in [1.807, 2.05) is 12.1 Å². The molecule has 3 nitrogen and oxygen atoms in total. The Morgan fingerprint density at radius 1 is 1.17 bits per heavy atom. The van der Waals surface area contributed by atoms with Gasteiger partial charge in [0.2, 0.25) is 0 Å². The number of nitrogens with one attached hydrogen (secondary N) is 1. The summed E-state index contributed by atoms with van der Waals surface area (Å²) in [6.45, 7) is 2.66. The van der Waals surface area contributed by atoms with Gasteiger partial charge in [0.05, 0.1) is 6.61 Å². The highest BCUT2D eigenvalue weighted by molar-refractivity contribution is 5.35. The van der Waals surface area contributed by atoms with Crippen LogP contribution in [-0.4, -0.2) is 23.8 Å². The molecule has 3 heteroatoms. The summed E-state index contributed by atoms with van der Waals surface area (Å²) >= 11 is 0. The zero-order valence-corrected chi connectivity index (χ0v) is 10.4. The van der Waals surface area contributed by atoms with E-state index in [1.54, 1.807) is 0 Å². The minimum atomic E-state index is 0.522. The largest absolute Gasteiger partial charge is 0.380 e. The molecule has 0 saturated carbocycles. The quantitative estimate of drug-likeness (QED) is 0.890. The minimum Gasteiger partial charge on any atom is -0.380 e. The highest BCUT2D eigenvalue weighted by Gasteiger charge is 2.14. The topological polar surface area (TPSA) is 26.2 Å². The molecule has 0 spiro atoms. The Kier molecular flexibility index (Phi) is 3.44. The van der Waals surface area contributed by atoms with Crippen molar-refractivity contribution in [1.82, 2.24) is 9.88 Å². The van der Waals surface area contributed by atoms with Crippen LogP contribution in [0.15, 0.2) is 48.8 Å². The zero-order chi connectivity index (χ0) is 12.2. The summed E-state index contributed by atoms with van der Waals surface area (Å²) in [5, 5.41) is 3.52. The van der Waals surface area contributed by atoms with Crippen molar-refractivity contribution in [3.05, 3.63) is 54.4 Å². The fourth-order valence-electron chi connectivity index (χ4n) is 2.25. The van der Waals surface area contributed by atoms with E-state index in [-0.39, 0.29) is 0 Å². The van der Waals surface area contributed by atoms with Crippen molar-refractivity contribution in [2.24, 2.45) is 0 Å². The summed E-state index contributed by atoms with van der Waals surface area (Å²) in [5.41, 5.74) is 2.52. The number of rotatable bonds is 4. The first kappa shape index (κ1) is 11.5. The Balaban J connectivity index is 1.60. The molecule has 1 aliphatic heterocycles. The third-order valence-electron chi connectivity index (χ3n) is 3.36. The second-order valence-electron chi connectivity index (χ2n) is 4.70. The smallest absolute Gasteiger partial charge is 0.0620 e. The van der Waals surface area contributed by atoms with Gasteiger partial charge in [-0.05, 0) is 36.2 Å². The highest BCUT2D eigenvalue weighted by atomic mass is 16.5. The Hall–Kier alpha value is -1.58. The van der Waals surface area contributed by atoms with Gasteiger partial charge in [0.15, 0.2) is 0 Å². The zero-order valence-electron chi connectivity index (χ0n) is 10.4. The lowest BCUT2D eigenvalue weighted by atomic mass is 10.2. The van der Waals surface area contributed by atoms with Gasteiger partial charge in [0, 0.05) is 37.3 Å². The lowest BCUT2D eigenvalue weighted by Crippen LogP contribution is -2.28. The van der Waals surface area contributed by atoms with Gasteiger partial charge >= 0.3 is 0 Å². The van der Waals surface area contributed by atoms with E-state index in [0.717, 1.165) is 26.2 Å². The van der Waals surface area contributed by atoms with Crippen molar-refractivity contribution >= 4 is 0 Å². The number of nitrogens with zero attached hydrogens (tertiary/aromatic N) is 1. The van der Waals surface area contributed by atoms with E-state index in [9.17, 15) is 0 Å². The van der Waals surface area contributed by atoms with E-state index in [1.165, 1.54) is 11.3 Å². The molecule has 2 aromatic rings. The second kappa shape index (κ2) is 5.38. The molecule has 3 rings (SSSR count). The molecule has 94 valence electrons. The predicted molar refractivity (Wildman–Crippen MR) is 71.8 cm³/mol. The van der Waals surface area contributed by atoms with Crippen molar-refractivity contribution < 1.29 is 4.74 Å². The predicted octanol–water partition coefficient (Wildman–Crippen LogP) is 2.36. The molecule has 1 saturated heterocycles. The lowest BCUT2D eigenvalue weighted by Gasteiger charge is -2.11. The molecule has 1 aliphatic rings. The summed E-state index contributed by atoms with van der Waals surface area (Å²) < 4.78 is 7.46. The number of hydrogen-bond acceptors (Lipinski definition) is 2. The summed E-state index contributed by atoms with van der Waals surface area (Å²) in [6, 6.07) is 13.3. The van der Waals surface area contributed by atoms with Crippen LogP contribution < -0.4 is 5.32 Å². The third kappa shape index (κ3) is 2.63. The molecular weight excluding hydrogens is 224 g/mol. The minimum absolute atomic E-state index is 0.522. The number of aromatic nitrogens is 1. The highest BCUT2D eigenvalue weighted by Crippen LogP contribution is 2.11. The van der Waals surface area contributed by atoms with Crippen LogP contribution in [0.5, 0.6) is 0 Å². The maximum absolute atomic E-state index is 5.35. The standard InChI is InChI=1S/C15H18N2O/c1-2-9-17(8-1)15-5-3-13(4-6-15)11-16-14-7-10-18-12-14/h1-6,8-9,14,16H,7,10-12H2/t14-/m0/s1. The van der Waals surface area contributed by atoms with Crippen LogP contribution in [0.1, 0.15) is 12.0 Å². The monoisotopic (exact) mass is 242 g/mol. The summed E-state index contributed by atoms with van der Waals surface area (Å²) in [4.78, 5) is 0. The molecule has 2 heterocycles. The van der Waals surface area contributed by atoms with Crippen LogP contribution in [-0.2, 0) is 11.3 Å². The average Bonchev–Trinajstić information content (AvgIpc) is 3.10. The Labute approximate surface area is 107 Å².